The lowest BCUT2D eigenvalue weighted by Crippen LogP contribution is -2.30. The standard InChI is InChI=1S/C10H6F3NO5/c11-10(12,13)9(17)14-5-2-7-6(18-3-19-7)1-4(5)8(15)16/h1-2H,3H2,(H,14,17)(H,15,16). The summed E-state index contributed by atoms with van der Waals surface area (Å²) in [7, 11) is 0. The SMILES string of the molecule is O=C(O)c1cc2c(cc1NC(=O)C(F)(F)F)OCO2. The Morgan fingerprint density at radius 1 is 1.21 bits per heavy atom. The summed E-state index contributed by atoms with van der Waals surface area (Å²) < 4.78 is 46.2. The Morgan fingerprint density at radius 2 is 1.79 bits per heavy atom. The molecule has 0 saturated carbocycles. The van der Waals surface area contributed by atoms with Gasteiger partial charge in [-0.3, -0.25) is 4.79 Å². The van der Waals surface area contributed by atoms with Gasteiger partial charge >= 0.3 is 18.1 Å². The number of hydrogen-bond donors (Lipinski definition) is 2. The molecule has 2 rings (SSSR count). The monoisotopic (exact) mass is 277 g/mol. The first-order valence-electron chi connectivity index (χ1n) is 4.84. The minimum Gasteiger partial charge on any atom is -0.478 e. The molecule has 1 amide bonds. The summed E-state index contributed by atoms with van der Waals surface area (Å²) in [5, 5.41) is 10.4. The van der Waals surface area contributed by atoms with Crippen LogP contribution >= 0.6 is 0 Å². The summed E-state index contributed by atoms with van der Waals surface area (Å²) >= 11 is 0. The van der Waals surface area contributed by atoms with Gasteiger partial charge in [-0.2, -0.15) is 13.2 Å². The zero-order valence-corrected chi connectivity index (χ0v) is 9.08. The molecule has 0 saturated heterocycles. The van der Waals surface area contributed by atoms with Crippen molar-refractivity contribution >= 4 is 17.6 Å². The fraction of sp³-hybridized carbons (Fsp3) is 0.200. The number of alkyl halides is 3. The molecule has 1 heterocycles. The molecule has 0 atom stereocenters. The molecule has 1 aromatic carbocycles. The number of rotatable bonds is 2. The molecule has 0 spiro atoms. The molecule has 1 aliphatic rings. The number of halogens is 3. The minimum atomic E-state index is -5.12. The number of ether oxygens (including phenoxy) is 2. The third-order valence-electron chi connectivity index (χ3n) is 2.25. The first-order valence-corrected chi connectivity index (χ1v) is 4.84. The van der Waals surface area contributed by atoms with E-state index in [1.54, 1.807) is 0 Å². The zero-order chi connectivity index (χ0) is 14.2. The van der Waals surface area contributed by atoms with Gasteiger partial charge in [-0.1, -0.05) is 0 Å². The molecule has 9 heteroatoms. The maximum Gasteiger partial charge on any atom is 0.471 e. The fourth-order valence-corrected chi connectivity index (χ4v) is 1.42. The lowest BCUT2D eigenvalue weighted by atomic mass is 10.1. The first-order chi connectivity index (χ1) is 8.79. The predicted octanol–water partition coefficient (Wildman–Crippen LogP) is 1.61. The molecule has 102 valence electrons. The molecule has 0 aromatic heterocycles. The summed E-state index contributed by atoms with van der Waals surface area (Å²) in [6.07, 6.45) is -5.12. The van der Waals surface area contributed by atoms with Gasteiger partial charge in [-0.15, -0.1) is 0 Å². The number of nitrogens with one attached hydrogen (secondary N) is 1. The number of fused-ring (bicyclic) bond motifs is 1. The lowest BCUT2D eigenvalue weighted by Gasteiger charge is -2.11. The van der Waals surface area contributed by atoms with Crippen molar-refractivity contribution in [3.05, 3.63) is 17.7 Å². The van der Waals surface area contributed by atoms with E-state index in [9.17, 15) is 22.8 Å². The van der Waals surface area contributed by atoms with E-state index in [-0.39, 0.29) is 18.3 Å². The Hall–Kier alpha value is -2.45. The lowest BCUT2D eigenvalue weighted by molar-refractivity contribution is -0.167. The van der Waals surface area contributed by atoms with Crippen molar-refractivity contribution in [3.63, 3.8) is 0 Å². The van der Waals surface area contributed by atoms with Crippen LogP contribution in [0.1, 0.15) is 10.4 Å². The van der Waals surface area contributed by atoms with Crippen molar-refractivity contribution in [1.82, 2.24) is 0 Å². The number of carbonyl (C=O) groups excluding carboxylic acids is 1. The van der Waals surface area contributed by atoms with Gasteiger partial charge in [-0.25, -0.2) is 4.79 Å². The number of carbonyl (C=O) groups is 2. The molecule has 6 nitrogen and oxygen atoms in total. The fourth-order valence-electron chi connectivity index (χ4n) is 1.42. The molecule has 1 aliphatic heterocycles. The molecule has 0 aliphatic carbocycles. The third kappa shape index (κ3) is 2.54. The van der Waals surface area contributed by atoms with Gasteiger partial charge in [0.15, 0.2) is 11.5 Å². The second-order valence-electron chi connectivity index (χ2n) is 3.51. The number of hydrogen-bond acceptors (Lipinski definition) is 4. The van der Waals surface area contributed by atoms with Gasteiger partial charge in [-0.05, 0) is 0 Å². The van der Waals surface area contributed by atoms with E-state index >= 15 is 0 Å². The number of benzene rings is 1. The second-order valence-corrected chi connectivity index (χ2v) is 3.51. The van der Waals surface area contributed by atoms with E-state index in [4.69, 9.17) is 14.6 Å². The van der Waals surface area contributed by atoms with Gasteiger partial charge in [0.2, 0.25) is 6.79 Å². The number of carboxylic acids is 1. The molecular weight excluding hydrogens is 271 g/mol. The number of aromatic carboxylic acids is 1. The minimum absolute atomic E-state index is 0.0578. The Morgan fingerprint density at radius 3 is 2.32 bits per heavy atom. The van der Waals surface area contributed by atoms with Gasteiger partial charge in [0, 0.05) is 12.1 Å². The van der Waals surface area contributed by atoms with Crippen LogP contribution in [0.15, 0.2) is 12.1 Å². The molecule has 19 heavy (non-hydrogen) atoms. The Bertz CT molecular complexity index is 555. The van der Waals surface area contributed by atoms with Crippen LogP contribution in [0.25, 0.3) is 0 Å². The van der Waals surface area contributed by atoms with E-state index in [2.05, 4.69) is 0 Å². The van der Waals surface area contributed by atoms with Crippen LogP contribution in [-0.2, 0) is 4.79 Å². The molecule has 0 bridgehead atoms. The highest BCUT2D eigenvalue weighted by molar-refractivity contribution is 6.03. The van der Waals surface area contributed by atoms with Crippen LogP contribution in [0.3, 0.4) is 0 Å². The first kappa shape index (κ1) is 13.0. The Balaban J connectivity index is 2.39. The van der Waals surface area contributed by atoms with Crippen LogP contribution in [0.5, 0.6) is 11.5 Å². The number of carboxylic acid groups (broad SMARTS) is 1. The average molecular weight is 277 g/mol. The maximum absolute atomic E-state index is 12.1. The van der Waals surface area contributed by atoms with E-state index < -0.39 is 29.3 Å². The van der Waals surface area contributed by atoms with Gasteiger partial charge < -0.3 is 19.9 Å². The van der Waals surface area contributed by atoms with Gasteiger partial charge in [0.05, 0.1) is 11.3 Å². The molecule has 0 unspecified atom stereocenters. The molecule has 1 aromatic rings. The Kier molecular flexibility index (Phi) is 2.97. The highest BCUT2D eigenvalue weighted by Gasteiger charge is 2.39. The van der Waals surface area contributed by atoms with Crippen molar-refractivity contribution < 1.29 is 37.3 Å². The van der Waals surface area contributed by atoms with Crippen LogP contribution in [0, 0.1) is 0 Å². The summed E-state index contributed by atoms with van der Waals surface area (Å²) in [6.45, 7) is -0.176. The van der Waals surface area contributed by atoms with E-state index in [0.717, 1.165) is 12.1 Å². The highest BCUT2D eigenvalue weighted by Crippen LogP contribution is 2.37. The molecule has 0 fully saturated rings. The largest absolute Gasteiger partial charge is 0.478 e. The van der Waals surface area contributed by atoms with Crippen molar-refractivity contribution in [2.45, 2.75) is 6.18 Å². The quantitative estimate of drug-likeness (QED) is 0.857. The van der Waals surface area contributed by atoms with Crippen LogP contribution in [-0.4, -0.2) is 30.0 Å². The number of amides is 1. The topological polar surface area (TPSA) is 84.9 Å². The molecule has 2 N–H and O–H groups in total. The summed E-state index contributed by atoms with van der Waals surface area (Å²) in [6, 6.07) is 1.95. The summed E-state index contributed by atoms with van der Waals surface area (Å²) in [5.74, 6) is -3.63. The second kappa shape index (κ2) is 4.34. The van der Waals surface area contributed by atoms with Gasteiger partial charge in [0.25, 0.3) is 0 Å². The van der Waals surface area contributed by atoms with Gasteiger partial charge in [0.1, 0.15) is 0 Å². The normalized spacial score (nSPS) is 13.2. The van der Waals surface area contributed by atoms with Crippen molar-refractivity contribution in [3.8, 4) is 11.5 Å². The Labute approximate surface area is 103 Å². The predicted molar refractivity (Wildman–Crippen MR) is 54.2 cm³/mol. The van der Waals surface area contributed by atoms with E-state index in [0.29, 0.717) is 0 Å². The molecule has 0 radical (unpaired) electrons. The van der Waals surface area contributed by atoms with Crippen LogP contribution in [0.2, 0.25) is 0 Å². The number of anilines is 1. The highest BCUT2D eigenvalue weighted by atomic mass is 19.4. The van der Waals surface area contributed by atoms with Crippen LogP contribution < -0.4 is 14.8 Å². The summed E-state index contributed by atoms with van der Waals surface area (Å²) in [4.78, 5) is 21.7. The van der Waals surface area contributed by atoms with Crippen LogP contribution in [0.4, 0.5) is 18.9 Å². The average Bonchev–Trinajstić information content (AvgIpc) is 2.73. The van der Waals surface area contributed by atoms with E-state index in [1.807, 2.05) is 0 Å². The van der Waals surface area contributed by atoms with Crippen molar-refractivity contribution in [2.24, 2.45) is 0 Å². The maximum atomic E-state index is 12.1. The smallest absolute Gasteiger partial charge is 0.471 e. The molecular formula is C10H6F3NO5. The zero-order valence-electron chi connectivity index (χ0n) is 9.08. The third-order valence-corrected chi connectivity index (χ3v) is 2.25. The van der Waals surface area contributed by atoms with E-state index in [1.165, 1.54) is 5.32 Å². The summed E-state index contributed by atoms with van der Waals surface area (Å²) in [5.41, 5.74) is -1.04. The van der Waals surface area contributed by atoms with Crippen molar-refractivity contribution in [2.75, 3.05) is 12.1 Å². The van der Waals surface area contributed by atoms with Crippen molar-refractivity contribution in [1.29, 1.82) is 0 Å².